The van der Waals surface area contributed by atoms with E-state index in [0.29, 0.717) is 10.9 Å². The van der Waals surface area contributed by atoms with Gasteiger partial charge in [-0.05, 0) is 29.8 Å². The quantitative estimate of drug-likeness (QED) is 0.528. The Hall–Kier alpha value is -2.62. The van der Waals surface area contributed by atoms with E-state index >= 15 is 0 Å². The zero-order valence-electron chi connectivity index (χ0n) is 12.6. The van der Waals surface area contributed by atoms with E-state index < -0.39 is 20.6 Å². The van der Waals surface area contributed by atoms with Gasteiger partial charge < -0.3 is 10.8 Å². The molecule has 10 heteroatoms. The first-order valence-corrected chi connectivity index (χ1v) is 8.80. The standard InChI is InChI=1S/C15H12ClN3O5S/c16-13-4-2-11(6-15(13)19(21)22)25(23,24)18-8-9(7-17)12-3-1-10(20)5-14(12)18/h1-6,8,20H,7,17H2. The fourth-order valence-electron chi connectivity index (χ4n) is 2.52. The molecule has 2 aromatic carbocycles. The van der Waals surface area contributed by atoms with Crippen LogP contribution in [0.2, 0.25) is 5.02 Å². The molecule has 0 radical (unpaired) electrons. The normalized spacial score (nSPS) is 11.8. The van der Waals surface area contributed by atoms with Gasteiger partial charge in [0.05, 0.1) is 15.3 Å². The molecule has 0 saturated carbocycles. The second-order valence-corrected chi connectivity index (χ2v) is 7.45. The number of hydrogen-bond donors (Lipinski definition) is 2. The van der Waals surface area contributed by atoms with Crippen molar-refractivity contribution in [2.45, 2.75) is 11.4 Å². The molecule has 0 unspecified atom stereocenters. The largest absolute Gasteiger partial charge is 0.508 e. The molecule has 0 atom stereocenters. The monoisotopic (exact) mass is 381 g/mol. The number of rotatable bonds is 4. The van der Waals surface area contributed by atoms with Crippen LogP contribution < -0.4 is 5.73 Å². The van der Waals surface area contributed by atoms with Crippen LogP contribution in [0.25, 0.3) is 10.9 Å². The van der Waals surface area contributed by atoms with Gasteiger partial charge in [-0.2, -0.15) is 0 Å². The number of aromatic hydroxyl groups is 1. The van der Waals surface area contributed by atoms with E-state index in [1.165, 1.54) is 24.4 Å². The van der Waals surface area contributed by atoms with Crippen molar-refractivity contribution in [3.05, 3.63) is 63.3 Å². The van der Waals surface area contributed by atoms with Crippen molar-refractivity contribution in [3.8, 4) is 5.75 Å². The van der Waals surface area contributed by atoms with Gasteiger partial charge in [-0.25, -0.2) is 12.4 Å². The number of aromatic nitrogens is 1. The molecule has 3 rings (SSSR count). The Labute approximate surface area is 147 Å². The lowest BCUT2D eigenvalue weighted by Crippen LogP contribution is -2.12. The first-order chi connectivity index (χ1) is 11.8. The second-order valence-electron chi connectivity index (χ2n) is 5.23. The predicted octanol–water partition coefficient (Wildman–Crippen LogP) is 2.60. The average molecular weight is 382 g/mol. The Balaban J connectivity index is 2.29. The molecule has 1 aromatic heterocycles. The molecule has 0 aliphatic rings. The number of halogens is 1. The van der Waals surface area contributed by atoms with Crippen LogP contribution in [0.5, 0.6) is 5.75 Å². The zero-order chi connectivity index (χ0) is 18.4. The summed E-state index contributed by atoms with van der Waals surface area (Å²) in [4.78, 5) is 9.96. The van der Waals surface area contributed by atoms with Crippen LogP contribution in [-0.2, 0) is 16.6 Å². The molecule has 1 heterocycles. The average Bonchev–Trinajstić information content (AvgIpc) is 2.93. The number of fused-ring (bicyclic) bond motifs is 1. The van der Waals surface area contributed by atoms with E-state index in [9.17, 15) is 23.6 Å². The summed E-state index contributed by atoms with van der Waals surface area (Å²) >= 11 is 5.74. The summed E-state index contributed by atoms with van der Waals surface area (Å²) in [6, 6.07) is 7.50. The Morgan fingerprint density at radius 1 is 1.24 bits per heavy atom. The molecule has 0 aliphatic carbocycles. The molecule has 0 spiro atoms. The van der Waals surface area contributed by atoms with Crippen LogP contribution >= 0.6 is 11.6 Å². The van der Waals surface area contributed by atoms with Crippen LogP contribution in [0.1, 0.15) is 5.56 Å². The van der Waals surface area contributed by atoms with Crippen LogP contribution in [0, 0.1) is 10.1 Å². The Morgan fingerprint density at radius 3 is 2.60 bits per heavy atom. The summed E-state index contributed by atoms with van der Waals surface area (Å²) in [6.45, 7) is 0.0879. The molecular formula is C15H12ClN3O5S. The van der Waals surface area contributed by atoms with Gasteiger partial charge in [0.15, 0.2) is 0 Å². The molecule has 8 nitrogen and oxygen atoms in total. The van der Waals surface area contributed by atoms with Crippen molar-refractivity contribution < 1.29 is 18.4 Å². The van der Waals surface area contributed by atoms with Crippen LogP contribution in [0.15, 0.2) is 47.5 Å². The van der Waals surface area contributed by atoms with Gasteiger partial charge in [0.25, 0.3) is 15.7 Å². The van der Waals surface area contributed by atoms with Crippen LogP contribution in [0.4, 0.5) is 5.69 Å². The molecule has 25 heavy (non-hydrogen) atoms. The number of nitro benzene ring substituents is 1. The third-order valence-corrected chi connectivity index (χ3v) is 5.72. The number of benzene rings is 2. The number of phenolic OH excluding ortho intramolecular Hbond substituents is 1. The summed E-state index contributed by atoms with van der Waals surface area (Å²) in [7, 11) is -4.16. The van der Waals surface area contributed by atoms with E-state index in [1.807, 2.05) is 0 Å². The molecule has 0 saturated heterocycles. The molecule has 0 bridgehead atoms. The summed E-state index contributed by atoms with van der Waals surface area (Å²) in [5, 5.41) is 21.1. The number of nitrogens with zero attached hydrogens (tertiary/aromatic N) is 2. The van der Waals surface area contributed by atoms with Crippen LogP contribution in [0.3, 0.4) is 0 Å². The number of hydrogen-bond acceptors (Lipinski definition) is 6. The van der Waals surface area contributed by atoms with Gasteiger partial charge in [-0.3, -0.25) is 10.1 Å². The van der Waals surface area contributed by atoms with Crippen molar-refractivity contribution in [2.75, 3.05) is 0 Å². The lowest BCUT2D eigenvalue weighted by atomic mass is 10.2. The molecule has 0 amide bonds. The highest BCUT2D eigenvalue weighted by Crippen LogP contribution is 2.31. The third kappa shape index (κ3) is 2.82. The number of phenols is 1. The lowest BCUT2D eigenvalue weighted by Gasteiger charge is -2.08. The zero-order valence-corrected chi connectivity index (χ0v) is 14.2. The highest BCUT2D eigenvalue weighted by molar-refractivity contribution is 7.90. The second kappa shape index (κ2) is 6.03. The minimum Gasteiger partial charge on any atom is -0.508 e. The van der Waals surface area contributed by atoms with E-state index in [0.717, 1.165) is 16.1 Å². The Kier molecular flexibility index (Phi) is 4.15. The van der Waals surface area contributed by atoms with E-state index in [4.69, 9.17) is 17.3 Å². The first-order valence-electron chi connectivity index (χ1n) is 6.98. The van der Waals surface area contributed by atoms with Gasteiger partial charge in [0, 0.05) is 30.3 Å². The van der Waals surface area contributed by atoms with E-state index in [-0.39, 0.29) is 27.7 Å². The fraction of sp³-hybridized carbons (Fsp3) is 0.0667. The minimum absolute atomic E-state index is 0.0879. The van der Waals surface area contributed by atoms with Gasteiger partial charge in [0.1, 0.15) is 10.8 Å². The van der Waals surface area contributed by atoms with Crippen molar-refractivity contribution in [3.63, 3.8) is 0 Å². The predicted molar refractivity (Wildman–Crippen MR) is 92.2 cm³/mol. The molecule has 3 aromatic rings. The first kappa shape index (κ1) is 17.2. The molecule has 0 fully saturated rings. The smallest absolute Gasteiger partial charge is 0.289 e. The van der Waals surface area contributed by atoms with Crippen molar-refractivity contribution >= 4 is 38.2 Å². The SMILES string of the molecule is NCc1cn(S(=O)(=O)c2ccc(Cl)c([N+](=O)[O-])c2)c2cc(O)ccc12. The van der Waals surface area contributed by atoms with Gasteiger partial charge in [0.2, 0.25) is 0 Å². The minimum atomic E-state index is -4.16. The summed E-state index contributed by atoms with van der Waals surface area (Å²) < 4.78 is 26.8. The Bertz CT molecular complexity index is 1110. The maximum absolute atomic E-state index is 12.9. The van der Waals surface area contributed by atoms with Crippen molar-refractivity contribution in [1.29, 1.82) is 0 Å². The Morgan fingerprint density at radius 2 is 1.96 bits per heavy atom. The van der Waals surface area contributed by atoms with Gasteiger partial charge in [-0.1, -0.05) is 11.6 Å². The topological polar surface area (TPSA) is 128 Å². The van der Waals surface area contributed by atoms with Crippen molar-refractivity contribution in [1.82, 2.24) is 3.97 Å². The maximum Gasteiger partial charge on any atom is 0.289 e. The third-order valence-electron chi connectivity index (χ3n) is 3.73. The van der Waals surface area contributed by atoms with Crippen LogP contribution in [-0.4, -0.2) is 22.4 Å². The molecule has 0 aliphatic heterocycles. The highest BCUT2D eigenvalue weighted by Gasteiger charge is 2.24. The molecular weight excluding hydrogens is 370 g/mol. The fourth-order valence-corrected chi connectivity index (χ4v) is 4.11. The van der Waals surface area contributed by atoms with E-state index in [1.54, 1.807) is 6.07 Å². The number of nitro groups is 1. The van der Waals surface area contributed by atoms with Gasteiger partial charge >= 0.3 is 0 Å². The van der Waals surface area contributed by atoms with E-state index in [2.05, 4.69) is 0 Å². The summed E-state index contributed by atoms with van der Waals surface area (Å²) in [5.41, 5.74) is 5.92. The van der Waals surface area contributed by atoms with Gasteiger partial charge in [-0.15, -0.1) is 0 Å². The molecule has 3 N–H and O–H groups in total. The number of nitrogens with two attached hydrogens (primary N) is 1. The molecule has 130 valence electrons. The lowest BCUT2D eigenvalue weighted by molar-refractivity contribution is -0.384. The maximum atomic E-state index is 12.9. The summed E-state index contributed by atoms with van der Waals surface area (Å²) in [5.74, 6) is -0.118. The highest BCUT2D eigenvalue weighted by atomic mass is 35.5. The summed E-state index contributed by atoms with van der Waals surface area (Å²) in [6.07, 6.45) is 1.33. The van der Waals surface area contributed by atoms with Crippen molar-refractivity contribution in [2.24, 2.45) is 5.73 Å².